The monoisotopic (exact) mass is 657 g/mol. The summed E-state index contributed by atoms with van der Waals surface area (Å²) < 4.78 is -0.270. The number of fused-ring (bicyclic) bond motifs is 7. The number of ketones is 2. The number of carbonyl (C=O) groups excluding carboxylic acids is 3. The quantitative estimate of drug-likeness (QED) is 0.282. The first-order valence-corrected chi connectivity index (χ1v) is 16.9. The predicted octanol–water partition coefficient (Wildman–Crippen LogP) is 8.57. The molecule has 1 aromatic rings. The van der Waals surface area contributed by atoms with Crippen LogP contribution in [0.25, 0.3) is 0 Å². The first kappa shape index (κ1) is 32.0. The van der Waals surface area contributed by atoms with Gasteiger partial charge in [-0.3, -0.25) is 19.0 Å². The van der Waals surface area contributed by atoms with Crippen LogP contribution in [0, 0.1) is 61.6 Å². The number of nitrogens with zero attached hydrogens (tertiary/aromatic N) is 3. The summed E-state index contributed by atoms with van der Waals surface area (Å²) in [5.41, 5.74) is -1.40. The molecule has 0 aliphatic heterocycles. The molecule has 0 spiro atoms. The Morgan fingerprint density at radius 3 is 2.30 bits per heavy atom. The van der Waals surface area contributed by atoms with Gasteiger partial charge in [0.25, 0.3) is 0 Å². The minimum Gasteiger partial charge on any atom is -0.295 e. The third-order valence-electron chi connectivity index (χ3n) is 13.4. The van der Waals surface area contributed by atoms with Gasteiger partial charge in [0.2, 0.25) is 9.70 Å². The molecule has 1 heterocycles. The molecule has 5 aliphatic rings. The second kappa shape index (κ2) is 9.55. The van der Waals surface area contributed by atoms with Gasteiger partial charge in [-0.1, -0.05) is 94.9 Å². The highest BCUT2D eigenvalue weighted by Crippen LogP contribution is 2.74. The summed E-state index contributed by atoms with van der Waals surface area (Å²) in [6, 6.07) is 2.17. The SMILES string of the molecule is CC1(C)CCC2(C(=O)n3cnc(C(Cl)(Cl)Cl)c3)CCC3(C)C(C(=O)C=C4C5(C)C=C(C#N)C(=O)C(C)(C)C5CCC43C)C2C1. The lowest BCUT2D eigenvalue weighted by molar-refractivity contribution is -0.164. The van der Waals surface area contributed by atoms with E-state index < -0.39 is 25.5 Å². The van der Waals surface area contributed by atoms with Crippen molar-refractivity contribution in [3.63, 3.8) is 0 Å². The zero-order chi connectivity index (χ0) is 32.5. The Balaban J connectivity index is 1.50. The van der Waals surface area contributed by atoms with Crippen molar-refractivity contribution >= 4 is 52.3 Å². The Labute approximate surface area is 275 Å². The molecule has 0 aromatic carbocycles. The Morgan fingerprint density at radius 2 is 1.68 bits per heavy atom. The summed E-state index contributed by atoms with van der Waals surface area (Å²) in [5.74, 6) is -0.652. The van der Waals surface area contributed by atoms with Crippen LogP contribution in [0.2, 0.25) is 0 Å². The van der Waals surface area contributed by atoms with Crippen LogP contribution >= 0.6 is 34.8 Å². The van der Waals surface area contributed by atoms with Crippen molar-refractivity contribution in [3.8, 4) is 6.07 Å². The smallest absolute Gasteiger partial charge is 0.238 e. The van der Waals surface area contributed by atoms with E-state index >= 15 is 0 Å². The first-order chi connectivity index (χ1) is 20.2. The van der Waals surface area contributed by atoms with Gasteiger partial charge in [-0.25, -0.2) is 4.98 Å². The number of hydrogen-bond donors (Lipinski definition) is 0. The van der Waals surface area contributed by atoms with Crippen LogP contribution in [-0.4, -0.2) is 27.0 Å². The van der Waals surface area contributed by atoms with Crippen molar-refractivity contribution in [2.45, 2.75) is 97.2 Å². The maximum atomic E-state index is 14.7. The topological polar surface area (TPSA) is 92.8 Å². The van der Waals surface area contributed by atoms with E-state index in [9.17, 15) is 19.6 Å². The molecular weight excluding hydrogens is 617 g/mol. The Morgan fingerprint density at radius 1 is 1.02 bits per heavy atom. The summed E-state index contributed by atoms with van der Waals surface area (Å²) in [7, 11) is 0. The van der Waals surface area contributed by atoms with Crippen LogP contribution in [-0.2, 0) is 13.4 Å². The fourth-order valence-corrected chi connectivity index (χ4v) is 11.1. The van der Waals surface area contributed by atoms with Gasteiger partial charge in [0, 0.05) is 22.9 Å². The standard InChI is InChI=1S/C35H42Cl3N3O3/c1-29(2)10-12-34(28(44)41-18-25(40-19-41)35(36,37)38)13-11-33(7)26(21(34)16-29)22(42)14-24-31(5)15-20(17-39)27(43)30(3,4)23(31)8-9-32(24,33)6/h14-15,18-19,21,23,26H,8-13,16H2,1-7H3. The Kier molecular flexibility index (Phi) is 6.95. The summed E-state index contributed by atoms with van der Waals surface area (Å²) >= 11 is 18.3. The van der Waals surface area contributed by atoms with Crippen molar-refractivity contribution in [1.29, 1.82) is 5.26 Å². The number of alkyl halides is 3. The van der Waals surface area contributed by atoms with Crippen molar-refractivity contribution in [2.24, 2.45) is 50.2 Å². The van der Waals surface area contributed by atoms with Gasteiger partial charge in [0.1, 0.15) is 18.1 Å². The minimum absolute atomic E-state index is 0.0156. The van der Waals surface area contributed by atoms with E-state index in [1.807, 2.05) is 26.0 Å². The second-order valence-corrected chi connectivity index (χ2v) is 18.7. The number of nitriles is 1. The third kappa shape index (κ3) is 4.10. The molecule has 3 saturated carbocycles. The van der Waals surface area contributed by atoms with E-state index in [1.165, 1.54) is 17.1 Å². The molecular formula is C35H42Cl3N3O3. The van der Waals surface area contributed by atoms with E-state index in [-0.39, 0.29) is 57.3 Å². The van der Waals surface area contributed by atoms with Crippen molar-refractivity contribution in [2.75, 3.05) is 0 Å². The van der Waals surface area contributed by atoms with Gasteiger partial charge < -0.3 is 0 Å². The Hall–Kier alpha value is -1.94. The second-order valence-electron chi connectivity index (χ2n) is 16.4. The summed E-state index contributed by atoms with van der Waals surface area (Å²) in [5, 5.41) is 9.96. The fraction of sp³-hybridized carbons (Fsp3) is 0.686. The summed E-state index contributed by atoms with van der Waals surface area (Å²) in [6.45, 7) is 15.1. The molecule has 0 radical (unpaired) electrons. The maximum Gasteiger partial charge on any atom is 0.238 e. The highest BCUT2D eigenvalue weighted by molar-refractivity contribution is 6.66. The molecule has 5 aliphatic carbocycles. The van der Waals surface area contributed by atoms with Crippen LogP contribution in [0.1, 0.15) is 104 Å². The number of Topliss-reactive ketones (excluding diaryl/α,β-unsaturated/α-hetero) is 1. The molecule has 0 amide bonds. The molecule has 6 rings (SSSR count). The third-order valence-corrected chi connectivity index (χ3v) is 14.0. The fourth-order valence-electron chi connectivity index (χ4n) is 10.8. The van der Waals surface area contributed by atoms with E-state index in [1.54, 1.807) is 0 Å². The van der Waals surface area contributed by atoms with E-state index in [4.69, 9.17) is 34.8 Å². The highest BCUT2D eigenvalue weighted by atomic mass is 35.6. The first-order valence-electron chi connectivity index (χ1n) is 15.8. The molecule has 0 bridgehead atoms. The van der Waals surface area contributed by atoms with Gasteiger partial charge >= 0.3 is 0 Å². The normalized spacial score (nSPS) is 40.8. The predicted molar refractivity (Wildman–Crippen MR) is 171 cm³/mol. The van der Waals surface area contributed by atoms with Crippen LogP contribution in [0.4, 0.5) is 0 Å². The number of hydrogen-bond acceptors (Lipinski definition) is 5. The molecule has 3 fully saturated rings. The van der Waals surface area contributed by atoms with Crippen LogP contribution in [0.5, 0.6) is 0 Å². The molecule has 1 aromatic heterocycles. The largest absolute Gasteiger partial charge is 0.295 e. The average Bonchev–Trinajstić information content (AvgIpc) is 3.43. The number of allylic oxidation sites excluding steroid dienone is 4. The Bertz CT molecular complexity index is 1590. The van der Waals surface area contributed by atoms with Crippen LogP contribution in [0.15, 0.2) is 35.8 Å². The number of carbonyl (C=O) groups is 3. The van der Waals surface area contributed by atoms with Gasteiger partial charge in [0.05, 0.1) is 11.0 Å². The number of aromatic nitrogens is 2. The summed E-state index contributed by atoms with van der Waals surface area (Å²) in [6.07, 6.45) is 12.0. The molecule has 7 atom stereocenters. The number of halogens is 3. The van der Waals surface area contributed by atoms with E-state index in [0.29, 0.717) is 19.3 Å². The highest BCUT2D eigenvalue weighted by Gasteiger charge is 2.71. The van der Waals surface area contributed by atoms with Crippen LogP contribution in [0.3, 0.4) is 0 Å². The maximum absolute atomic E-state index is 14.7. The minimum atomic E-state index is -1.75. The zero-order valence-electron chi connectivity index (χ0n) is 26.7. The van der Waals surface area contributed by atoms with Crippen molar-refractivity contribution in [3.05, 3.63) is 41.5 Å². The average molecular weight is 659 g/mol. The zero-order valence-corrected chi connectivity index (χ0v) is 29.0. The molecule has 7 unspecified atom stereocenters. The summed E-state index contributed by atoms with van der Waals surface area (Å²) in [4.78, 5) is 46.8. The molecule has 6 nitrogen and oxygen atoms in total. The van der Waals surface area contributed by atoms with Gasteiger partial charge in [0.15, 0.2) is 11.6 Å². The van der Waals surface area contributed by atoms with E-state index in [2.05, 4.69) is 45.7 Å². The lowest BCUT2D eigenvalue weighted by atomic mass is 9.34. The van der Waals surface area contributed by atoms with E-state index in [0.717, 1.165) is 31.3 Å². The van der Waals surface area contributed by atoms with Crippen molar-refractivity contribution in [1.82, 2.24) is 9.55 Å². The lowest BCUT2D eigenvalue weighted by Gasteiger charge is -2.69. The van der Waals surface area contributed by atoms with Gasteiger partial charge in [-0.15, -0.1) is 0 Å². The van der Waals surface area contributed by atoms with Crippen LogP contribution < -0.4 is 0 Å². The molecule has 0 saturated heterocycles. The lowest BCUT2D eigenvalue weighted by Crippen LogP contribution is -2.66. The number of rotatable bonds is 1. The molecule has 44 heavy (non-hydrogen) atoms. The van der Waals surface area contributed by atoms with Gasteiger partial charge in [-0.2, -0.15) is 5.26 Å². The van der Waals surface area contributed by atoms with Crippen molar-refractivity contribution < 1.29 is 14.4 Å². The molecule has 9 heteroatoms. The molecule has 236 valence electrons. The number of imidazole rings is 1. The van der Waals surface area contributed by atoms with Gasteiger partial charge in [-0.05, 0) is 79.1 Å². The molecule has 0 N–H and O–H groups in total.